The Morgan fingerprint density at radius 1 is 1.41 bits per heavy atom. The molecule has 0 saturated heterocycles. The van der Waals surface area contributed by atoms with E-state index in [0.29, 0.717) is 23.3 Å². The summed E-state index contributed by atoms with van der Waals surface area (Å²) in [5.41, 5.74) is 0.778. The topological polar surface area (TPSA) is 80.0 Å². The summed E-state index contributed by atoms with van der Waals surface area (Å²) in [5.74, 6) is 1.50. The van der Waals surface area contributed by atoms with Gasteiger partial charge in [0.2, 0.25) is 17.6 Å². The molecule has 0 bridgehead atoms. The number of carbonyl (C=O) groups excluding carboxylic acids is 1. The minimum Gasteiger partial charge on any atom is -0.346 e. The molecule has 7 heteroatoms. The lowest BCUT2D eigenvalue weighted by atomic mass is 10.2. The normalized spacial score (nSPS) is 14.0. The van der Waals surface area contributed by atoms with E-state index < -0.39 is 0 Å². The zero-order chi connectivity index (χ0) is 15.4. The van der Waals surface area contributed by atoms with Gasteiger partial charge in [-0.15, -0.1) is 0 Å². The lowest BCUT2D eigenvalue weighted by molar-refractivity contribution is -0.120. The van der Waals surface area contributed by atoms with Gasteiger partial charge in [0.25, 0.3) is 0 Å². The van der Waals surface area contributed by atoms with Crippen molar-refractivity contribution in [2.24, 2.45) is 5.92 Å². The Bertz CT molecular complexity index is 654. The summed E-state index contributed by atoms with van der Waals surface area (Å²) >= 11 is 5.93. The van der Waals surface area contributed by atoms with Crippen LogP contribution in [0.4, 0.5) is 0 Å². The van der Waals surface area contributed by atoms with Crippen LogP contribution in [0.1, 0.15) is 18.7 Å². The fraction of sp³-hybridized carbons (Fsp3) is 0.400. The summed E-state index contributed by atoms with van der Waals surface area (Å²) < 4.78 is 5.12. The second-order valence-corrected chi connectivity index (χ2v) is 5.81. The van der Waals surface area contributed by atoms with Gasteiger partial charge in [-0.2, -0.15) is 4.98 Å². The largest absolute Gasteiger partial charge is 0.346 e. The standard InChI is InChI=1S/C15H17ClN4O2/c16-12-3-1-2-11(6-12)15-19-14(22-20-15)9-18-13(21)8-17-7-10-4-5-10/h1-3,6,10,17H,4-5,7-9H2,(H,18,21). The molecule has 2 N–H and O–H groups in total. The van der Waals surface area contributed by atoms with E-state index in [9.17, 15) is 4.79 Å². The Balaban J connectivity index is 1.47. The first-order valence-corrected chi connectivity index (χ1v) is 7.64. The van der Waals surface area contributed by atoms with Crippen LogP contribution in [-0.2, 0) is 11.3 Å². The van der Waals surface area contributed by atoms with Gasteiger partial charge >= 0.3 is 0 Å². The van der Waals surface area contributed by atoms with E-state index in [-0.39, 0.29) is 12.5 Å². The predicted molar refractivity (Wildman–Crippen MR) is 82.2 cm³/mol. The summed E-state index contributed by atoms with van der Waals surface area (Å²) in [7, 11) is 0. The van der Waals surface area contributed by atoms with Crippen molar-refractivity contribution in [3.05, 3.63) is 35.2 Å². The third kappa shape index (κ3) is 4.29. The average molecular weight is 321 g/mol. The average Bonchev–Trinajstić information content (AvgIpc) is 3.20. The maximum atomic E-state index is 11.7. The Morgan fingerprint density at radius 3 is 3.05 bits per heavy atom. The molecule has 0 unspecified atom stereocenters. The monoisotopic (exact) mass is 320 g/mol. The highest BCUT2D eigenvalue weighted by molar-refractivity contribution is 6.30. The summed E-state index contributed by atoms with van der Waals surface area (Å²) in [6.07, 6.45) is 2.53. The van der Waals surface area contributed by atoms with E-state index in [0.717, 1.165) is 18.0 Å². The van der Waals surface area contributed by atoms with Crippen LogP contribution in [0.25, 0.3) is 11.4 Å². The van der Waals surface area contributed by atoms with Crippen LogP contribution in [0.2, 0.25) is 5.02 Å². The van der Waals surface area contributed by atoms with Crippen LogP contribution < -0.4 is 10.6 Å². The van der Waals surface area contributed by atoms with Gasteiger partial charge in [-0.25, -0.2) is 0 Å². The third-order valence-electron chi connectivity index (χ3n) is 3.40. The van der Waals surface area contributed by atoms with Crippen molar-refractivity contribution in [2.75, 3.05) is 13.1 Å². The van der Waals surface area contributed by atoms with Gasteiger partial charge in [-0.3, -0.25) is 4.79 Å². The molecule has 1 aliphatic carbocycles. The molecule has 1 aromatic carbocycles. The first kappa shape index (κ1) is 15.0. The number of nitrogens with zero attached hydrogens (tertiary/aromatic N) is 2. The van der Waals surface area contributed by atoms with E-state index in [2.05, 4.69) is 20.8 Å². The van der Waals surface area contributed by atoms with Crippen LogP contribution in [0, 0.1) is 5.92 Å². The number of amides is 1. The zero-order valence-corrected chi connectivity index (χ0v) is 12.8. The number of halogens is 1. The smallest absolute Gasteiger partial charge is 0.246 e. The maximum Gasteiger partial charge on any atom is 0.246 e. The van der Waals surface area contributed by atoms with Crippen LogP contribution in [0.15, 0.2) is 28.8 Å². The van der Waals surface area contributed by atoms with Crippen molar-refractivity contribution < 1.29 is 9.32 Å². The highest BCUT2D eigenvalue weighted by Gasteiger charge is 2.20. The molecule has 1 heterocycles. The fourth-order valence-corrected chi connectivity index (χ4v) is 2.21. The minimum absolute atomic E-state index is 0.0804. The summed E-state index contributed by atoms with van der Waals surface area (Å²) in [6, 6.07) is 7.21. The second-order valence-electron chi connectivity index (χ2n) is 5.37. The van der Waals surface area contributed by atoms with Crippen molar-refractivity contribution in [3.63, 3.8) is 0 Å². The third-order valence-corrected chi connectivity index (χ3v) is 3.64. The summed E-state index contributed by atoms with van der Waals surface area (Å²) in [5, 5.41) is 10.4. The van der Waals surface area contributed by atoms with Crippen molar-refractivity contribution in [1.82, 2.24) is 20.8 Å². The number of aromatic nitrogens is 2. The van der Waals surface area contributed by atoms with Crippen LogP contribution in [0.5, 0.6) is 0 Å². The number of carbonyl (C=O) groups is 1. The quantitative estimate of drug-likeness (QED) is 0.815. The summed E-state index contributed by atoms with van der Waals surface area (Å²) in [6.45, 7) is 1.44. The van der Waals surface area contributed by atoms with Gasteiger partial charge < -0.3 is 15.2 Å². The van der Waals surface area contributed by atoms with Gasteiger partial charge in [0.15, 0.2) is 0 Å². The lowest BCUT2D eigenvalue weighted by Crippen LogP contribution is -2.34. The van der Waals surface area contributed by atoms with Crippen LogP contribution >= 0.6 is 11.6 Å². The van der Waals surface area contributed by atoms with Crippen molar-refractivity contribution in [2.45, 2.75) is 19.4 Å². The van der Waals surface area contributed by atoms with Crippen molar-refractivity contribution in [1.29, 1.82) is 0 Å². The Morgan fingerprint density at radius 2 is 2.27 bits per heavy atom. The lowest BCUT2D eigenvalue weighted by Gasteiger charge is -2.03. The molecule has 1 amide bonds. The van der Waals surface area contributed by atoms with E-state index in [1.165, 1.54) is 12.8 Å². The molecule has 1 aliphatic rings. The molecule has 0 aliphatic heterocycles. The fourth-order valence-electron chi connectivity index (χ4n) is 2.02. The summed E-state index contributed by atoms with van der Waals surface area (Å²) in [4.78, 5) is 15.9. The molecule has 1 fully saturated rings. The molecular formula is C15H17ClN4O2. The van der Waals surface area contributed by atoms with Crippen LogP contribution in [-0.4, -0.2) is 29.1 Å². The van der Waals surface area contributed by atoms with Crippen molar-refractivity contribution in [3.8, 4) is 11.4 Å². The van der Waals surface area contributed by atoms with Crippen LogP contribution in [0.3, 0.4) is 0 Å². The molecule has 0 atom stereocenters. The molecule has 22 heavy (non-hydrogen) atoms. The predicted octanol–water partition coefficient (Wildman–Crippen LogP) is 2.01. The van der Waals surface area contributed by atoms with E-state index >= 15 is 0 Å². The molecule has 2 aromatic rings. The SMILES string of the molecule is O=C(CNCC1CC1)NCc1nc(-c2cccc(Cl)c2)no1. The number of benzene rings is 1. The molecular weight excluding hydrogens is 304 g/mol. The van der Waals surface area contributed by atoms with Crippen molar-refractivity contribution >= 4 is 17.5 Å². The number of hydrogen-bond donors (Lipinski definition) is 2. The highest BCUT2D eigenvalue weighted by Crippen LogP contribution is 2.27. The first-order valence-electron chi connectivity index (χ1n) is 7.26. The second kappa shape index (κ2) is 6.89. The molecule has 6 nitrogen and oxygen atoms in total. The van der Waals surface area contributed by atoms with Gasteiger partial charge in [0.1, 0.15) is 0 Å². The number of rotatable bonds is 7. The van der Waals surface area contributed by atoms with Gasteiger partial charge in [-0.1, -0.05) is 28.9 Å². The van der Waals surface area contributed by atoms with Gasteiger partial charge in [0.05, 0.1) is 13.1 Å². The Labute approximate surface area is 133 Å². The molecule has 0 spiro atoms. The number of hydrogen-bond acceptors (Lipinski definition) is 5. The molecule has 0 radical (unpaired) electrons. The highest BCUT2D eigenvalue weighted by atomic mass is 35.5. The van der Waals surface area contributed by atoms with E-state index in [1.807, 2.05) is 12.1 Å². The first-order chi connectivity index (χ1) is 10.7. The van der Waals surface area contributed by atoms with E-state index in [1.54, 1.807) is 12.1 Å². The maximum absolute atomic E-state index is 11.7. The van der Waals surface area contributed by atoms with Gasteiger partial charge in [0, 0.05) is 10.6 Å². The molecule has 1 saturated carbocycles. The molecule has 3 rings (SSSR count). The minimum atomic E-state index is -0.0804. The number of nitrogens with one attached hydrogen (secondary N) is 2. The molecule has 116 valence electrons. The van der Waals surface area contributed by atoms with E-state index in [4.69, 9.17) is 16.1 Å². The Kier molecular flexibility index (Phi) is 4.70. The Hall–Kier alpha value is -1.92. The zero-order valence-electron chi connectivity index (χ0n) is 12.0. The van der Waals surface area contributed by atoms with Gasteiger partial charge in [-0.05, 0) is 37.4 Å². The molecule has 1 aromatic heterocycles.